The van der Waals surface area contributed by atoms with Crippen molar-refractivity contribution in [2.24, 2.45) is 0 Å². The fraction of sp³-hybridized carbons (Fsp3) is 0.200. The van der Waals surface area contributed by atoms with Gasteiger partial charge < -0.3 is 15.0 Å². The second-order valence-corrected chi connectivity index (χ2v) is 5.21. The highest BCUT2D eigenvalue weighted by Gasteiger charge is 2.02. The van der Waals surface area contributed by atoms with Gasteiger partial charge in [-0.25, -0.2) is 4.98 Å². The van der Waals surface area contributed by atoms with Gasteiger partial charge in [-0.3, -0.25) is 4.79 Å². The van der Waals surface area contributed by atoms with Crippen LogP contribution in [0.3, 0.4) is 0 Å². The SMILES string of the molecule is COc1ccc(Br)cc1/C=C/C(=O)NCCc1ncc[nH]1. The minimum atomic E-state index is -0.149. The molecule has 0 aliphatic carbocycles. The third-order valence-electron chi connectivity index (χ3n) is 2.82. The van der Waals surface area contributed by atoms with Gasteiger partial charge in [-0.2, -0.15) is 0 Å². The Bertz CT molecular complexity index is 624. The van der Waals surface area contributed by atoms with Crippen molar-refractivity contribution in [3.05, 3.63) is 52.5 Å². The lowest BCUT2D eigenvalue weighted by atomic mass is 10.2. The number of aromatic nitrogens is 2. The molecular formula is C15H16BrN3O2. The van der Waals surface area contributed by atoms with Gasteiger partial charge in [-0.1, -0.05) is 15.9 Å². The number of carbonyl (C=O) groups is 1. The number of benzene rings is 1. The summed E-state index contributed by atoms with van der Waals surface area (Å²) in [5, 5.41) is 2.81. The first kappa shape index (κ1) is 15.3. The molecule has 0 atom stereocenters. The molecule has 21 heavy (non-hydrogen) atoms. The molecule has 2 aromatic rings. The molecule has 0 unspecified atom stereocenters. The number of H-pyrrole nitrogens is 1. The standard InChI is InChI=1S/C15H16BrN3O2/c1-21-13-4-3-12(16)10-11(13)2-5-15(20)19-7-6-14-17-8-9-18-14/h2-5,8-10H,6-7H2,1H3,(H,17,18)(H,19,20)/b5-2+. The van der Waals surface area contributed by atoms with Crippen LogP contribution in [0, 0.1) is 0 Å². The molecule has 2 N–H and O–H groups in total. The molecule has 5 nitrogen and oxygen atoms in total. The third kappa shape index (κ3) is 4.75. The summed E-state index contributed by atoms with van der Waals surface area (Å²) in [5.74, 6) is 1.43. The van der Waals surface area contributed by atoms with Crippen LogP contribution in [0.5, 0.6) is 5.75 Å². The second kappa shape index (κ2) is 7.64. The maximum Gasteiger partial charge on any atom is 0.244 e. The van der Waals surface area contributed by atoms with Crippen LogP contribution in [-0.2, 0) is 11.2 Å². The molecule has 0 aliphatic rings. The lowest BCUT2D eigenvalue weighted by Crippen LogP contribution is -2.23. The van der Waals surface area contributed by atoms with Gasteiger partial charge in [0.2, 0.25) is 5.91 Å². The van der Waals surface area contributed by atoms with Gasteiger partial charge in [-0.05, 0) is 24.3 Å². The number of rotatable bonds is 6. The van der Waals surface area contributed by atoms with E-state index in [0.29, 0.717) is 13.0 Å². The molecular weight excluding hydrogens is 334 g/mol. The van der Waals surface area contributed by atoms with E-state index in [1.165, 1.54) is 6.08 Å². The van der Waals surface area contributed by atoms with Gasteiger partial charge >= 0.3 is 0 Å². The van der Waals surface area contributed by atoms with Crippen LogP contribution >= 0.6 is 15.9 Å². The molecule has 1 heterocycles. The average molecular weight is 350 g/mol. The molecule has 2 rings (SSSR count). The van der Waals surface area contributed by atoms with E-state index in [4.69, 9.17) is 4.74 Å². The maximum atomic E-state index is 11.7. The van der Waals surface area contributed by atoms with E-state index in [9.17, 15) is 4.79 Å². The van der Waals surface area contributed by atoms with Crippen molar-refractivity contribution in [3.63, 3.8) is 0 Å². The third-order valence-corrected chi connectivity index (χ3v) is 3.32. The molecule has 1 aromatic heterocycles. The van der Waals surface area contributed by atoms with E-state index in [1.54, 1.807) is 25.6 Å². The van der Waals surface area contributed by atoms with Gasteiger partial charge in [-0.15, -0.1) is 0 Å². The molecule has 0 bridgehead atoms. The Kier molecular flexibility index (Phi) is 5.57. The van der Waals surface area contributed by atoms with Gasteiger partial charge in [0.05, 0.1) is 7.11 Å². The number of nitrogens with zero attached hydrogens (tertiary/aromatic N) is 1. The van der Waals surface area contributed by atoms with Gasteiger partial charge in [0.1, 0.15) is 11.6 Å². The van der Waals surface area contributed by atoms with E-state index < -0.39 is 0 Å². The number of methoxy groups -OCH3 is 1. The summed E-state index contributed by atoms with van der Waals surface area (Å²) < 4.78 is 6.18. The summed E-state index contributed by atoms with van der Waals surface area (Å²) in [4.78, 5) is 18.8. The summed E-state index contributed by atoms with van der Waals surface area (Å²) in [7, 11) is 1.60. The topological polar surface area (TPSA) is 67.0 Å². The van der Waals surface area contributed by atoms with Crippen molar-refractivity contribution < 1.29 is 9.53 Å². The van der Waals surface area contributed by atoms with Gasteiger partial charge in [0, 0.05) is 41.5 Å². The largest absolute Gasteiger partial charge is 0.496 e. The molecule has 0 saturated heterocycles. The predicted molar refractivity (Wildman–Crippen MR) is 85.0 cm³/mol. The first-order chi connectivity index (χ1) is 10.2. The van der Waals surface area contributed by atoms with Crippen LogP contribution in [0.25, 0.3) is 6.08 Å². The smallest absolute Gasteiger partial charge is 0.244 e. The highest BCUT2D eigenvalue weighted by atomic mass is 79.9. The van der Waals surface area contributed by atoms with E-state index in [-0.39, 0.29) is 5.91 Å². The van der Waals surface area contributed by atoms with Crippen molar-refractivity contribution in [2.75, 3.05) is 13.7 Å². The minimum absolute atomic E-state index is 0.149. The number of carbonyl (C=O) groups excluding carboxylic acids is 1. The predicted octanol–water partition coefficient (Wildman–Crippen LogP) is 2.55. The quantitative estimate of drug-likeness (QED) is 0.787. The second-order valence-electron chi connectivity index (χ2n) is 4.30. The Morgan fingerprint density at radius 1 is 1.52 bits per heavy atom. The molecule has 0 radical (unpaired) electrons. The van der Waals surface area contributed by atoms with Crippen molar-refractivity contribution in [3.8, 4) is 5.75 Å². The van der Waals surface area contributed by atoms with Crippen LogP contribution in [0.2, 0.25) is 0 Å². The van der Waals surface area contributed by atoms with E-state index in [1.807, 2.05) is 18.2 Å². The fourth-order valence-corrected chi connectivity index (χ4v) is 2.18. The first-order valence-corrected chi connectivity index (χ1v) is 7.26. The molecule has 0 spiro atoms. The van der Waals surface area contributed by atoms with Gasteiger partial charge in [0.15, 0.2) is 0 Å². The number of hydrogen-bond donors (Lipinski definition) is 2. The highest BCUT2D eigenvalue weighted by Crippen LogP contribution is 2.23. The van der Waals surface area contributed by atoms with Crippen LogP contribution < -0.4 is 10.1 Å². The van der Waals surface area contributed by atoms with Crippen molar-refractivity contribution in [1.82, 2.24) is 15.3 Å². The number of amides is 1. The zero-order valence-electron chi connectivity index (χ0n) is 11.6. The van der Waals surface area contributed by atoms with Crippen molar-refractivity contribution in [2.45, 2.75) is 6.42 Å². The fourth-order valence-electron chi connectivity index (χ4n) is 1.80. The Labute approximate surface area is 131 Å². The summed E-state index contributed by atoms with van der Waals surface area (Å²) in [6, 6.07) is 5.63. The number of nitrogens with one attached hydrogen (secondary N) is 2. The van der Waals surface area contributed by atoms with Crippen molar-refractivity contribution in [1.29, 1.82) is 0 Å². The normalized spacial score (nSPS) is 10.8. The lowest BCUT2D eigenvalue weighted by Gasteiger charge is -2.05. The number of aromatic amines is 1. The minimum Gasteiger partial charge on any atom is -0.496 e. The van der Waals surface area contributed by atoms with E-state index >= 15 is 0 Å². The molecule has 1 aromatic carbocycles. The molecule has 0 saturated carbocycles. The van der Waals surface area contributed by atoms with Crippen LogP contribution in [0.4, 0.5) is 0 Å². The lowest BCUT2D eigenvalue weighted by molar-refractivity contribution is -0.116. The Balaban J connectivity index is 1.88. The zero-order chi connectivity index (χ0) is 15.1. The average Bonchev–Trinajstić information content (AvgIpc) is 2.98. The van der Waals surface area contributed by atoms with Crippen LogP contribution in [0.15, 0.2) is 41.1 Å². The van der Waals surface area contributed by atoms with Gasteiger partial charge in [0.25, 0.3) is 0 Å². The molecule has 6 heteroatoms. The maximum absolute atomic E-state index is 11.7. The first-order valence-electron chi connectivity index (χ1n) is 6.47. The number of halogens is 1. The number of imidazole rings is 1. The van der Waals surface area contributed by atoms with Crippen LogP contribution in [-0.4, -0.2) is 29.5 Å². The number of ether oxygens (including phenoxy) is 1. The number of hydrogen-bond acceptors (Lipinski definition) is 3. The Hall–Kier alpha value is -2.08. The highest BCUT2D eigenvalue weighted by molar-refractivity contribution is 9.10. The summed E-state index contributed by atoms with van der Waals surface area (Å²) in [5.41, 5.74) is 0.841. The summed E-state index contributed by atoms with van der Waals surface area (Å²) in [6.45, 7) is 0.534. The molecule has 1 amide bonds. The van der Waals surface area contributed by atoms with E-state index in [2.05, 4.69) is 31.2 Å². The Morgan fingerprint density at radius 2 is 2.38 bits per heavy atom. The zero-order valence-corrected chi connectivity index (χ0v) is 13.2. The monoisotopic (exact) mass is 349 g/mol. The van der Waals surface area contributed by atoms with E-state index in [0.717, 1.165) is 21.6 Å². The molecule has 110 valence electrons. The van der Waals surface area contributed by atoms with Crippen LogP contribution in [0.1, 0.15) is 11.4 Å². The molecule has 0 aliphatic heterocycles. The van der Waals surface area contributed by atoms with Crippen molar-refractivity contribution >= 4 is 27.9 Å². The Morgan fingerprint density at radius 3 is 3.10 bits per heavy atom. The summed E-state index contributed by atoms with van der Waals surface area (Å²) >= 11 is 3.40. The summed E-state index contributed by atoms with van der Waals surface area (Å²) in [6.07, 6.45) is 7.35. The molecule has 0 fully saturated rings.